The van der Waals surface area contributed by atoms with E-state index in [2.05, 4.69) is 48.6 Å². The molecule has 0 saturated carbocycles. The number of fused-ring (bicyclic) bond motifs is 1. The van der Waals surface area contributed by atoms with E-state index < -0.39 is 0 Å². The highest BCUT2D eigenvalue weighted by molar-refractivity contribution is 6.30. The summed E-state index contributed by atoms with van der Waals surface area (Å²) < 4.78 is 0. The van der Waals surface area contributed by atoms with Crippen molar-refractivity contribution in [2.45, 2.75) is 25.3 Å². The topological polar surface area (TPSA) is 12.0 Å². The predicted molar refractivity (Wildman–Crippen MR) is 80.8 cm³/mol. The van der Waals surface area contributed by atoms with Gasteiger partial charge in [0.05, 0.1) is 6.04 Å². The summed E-state index contributed by atoms with van der Waals surface area (Å²) in [7, 11) is 0. The first-order valence-corrected chi connectivity index (χ1v) is 7.25. The van der Waals surface area contributed by atoms with Gasteiger partial charge in [-0.15, -0.1) is 0 Å². The molecule has 1 N–H and O–H groups in total. The fraction of sp³-hybridized carbons (Fsp3) is 0.294. The van der Waals surface area contributed by atoms with Gasteiger partial charge in [-0.2, -0.15) is 0 Å². The molecule has 0 saturated heterocycles. The number of halogens is 1. The summed E-state index contributed by atoms with van der Waals surface area (Å²) in [4.78, 5) is 0. The van der Waals surface area contributed by atoms with Crippen LogP contribution < -0.4 is 5.32 Å². The van der Waals surface area contributed by atoms with Crippen LogP contribution in [-0.4, -0.2) is 6.54 Å². The van der Waals surface area contributed by atoms with Crippen molar-refractivity contribution in [3.05, 3.63) is 70.2 Å². The molecule has 1 aliphatic rings. The molecule has 2 atom stereocenters. The second-order valence-electron chi connectivity index (χ2n) is 5.13. The Bertz CT molecular complexity index is 562. The third-order valence-electron chi connectivity index (χ3n) is 4.01. The summed E-state index contributed by atoms with van der Waals surface area (Å²) in [6, 6.07) is 17.2. The van der Waals surface area contributed by atoms with Gasteiger partial charge in [0.25, 0.3) is 0 Å². The van der Waals surface area contributed by atoms with Gasteiger partial charge in [0.2, 0.25) is 0 Å². The van der Waals surface area contributed by atoms with Crippen LogP contribution in [0.4, 0.5) is 0 Å². The minimum atomic E-state index is 0.288. The summed E-state index contributed by atoms with van der Waals surface area (Å²) in [6.45, 7) is 3.30. The van der Waals surface area contributed by atoms with Crippen molar-refractivity contribution in [3.8, 4) is 0 Å². The number of benzene rings is 2. The van der Waals surface area contributed by atoms with Crippen LogP contribution in [0.25, 0.3) is 0 Å². The van der Waals surface area contributed by atoms with Gasteiger partial charge in [-0.25, -0.2) is 0 Å². The third kappa shape index (κ3) is 2.41. The van der Waals surface area contributed by atoms with Crippen molar-refractivity contribution < 1.29 is 0 Å². The molecular weight excluding hydrogens is 254 g/mol. The Morgan fingerprint density at radius 1 is 1.05 bits per heavy atom. The lowest BCUT2D eigenvalue weighted by Crippen LogP contribution is -2.33. The molecule has 0 aliphatic carbocycles. The Kier molecular flexibility index (Phi) is 3.58. The number of hydrogen-bond donors (Lipinski definition) is 1. The molecule has 0 radical (unpaired) electrons. The lowest BCUT2D eigenvalue weighted by atomic mass is 9.83. The van der Waals surface area contributed by atoms with E-state index in [1.54, 1.807) is 0 Å². The summed E-state index contributed by atoms with van der Waals surface area (Å²) in [5, 5.41) is 4.46. The van der Waals surface area contributed by atoms with Gasteiger partial charge in [-0.1, -0.05) is 54.9 Å². The summed E-state index contributed by atoms with van der Waals surface area (Å²) in [5.41, 5.74) is 4.18. The summed E-state index contributed by atoms with van der Waals surface area (Å²) in [5.74, 6) is 0.625. The van der Waals surface area contributed by atoms with Crippen molar-refractivity contribution in [3.63, 3.8) is 0 Å². The van der Waals surface area contributed by atoms with Gasteiger partial charge in [0.15, 0.2) is 0 Å². The van der Waals surface area contributed by atoms with E-state index in [0.29, 0.717) is 5.92 Å². The zero-order valence-corrected chi connectivity index (χ0v) is 11.8. The average Bonchev–Trinajstić information content (AvgIpc) is 2.47. The van der Waals surface area contributed by atoms with Gasteiger partial charge in [0.1, 0.15) is 0 Å². The van der Waals surface area contributed by atoms with Gasteiger partial charge in [-0.05, 0) is 41.2 Å². The smallest absolute Gasteiger partial charge is 0.0579 e. The second kappa shape index (κ2) is 5.36. The predicted octanol–water partition coefficient (Wildman–Crippen LogP) is 4.53. The molecule has 0 bridgehead atoms. The molecule has 19 heavy (non-hydrogen) atoms. The molecule has 1 nitrogen and oxygen atoms in total. The molecule has 2 aromatic rings. The maximum Gasteiger partial charge on any atom is 0.0579 e. The van der Waals surface area contributed by atoms with Crippen LogP contribution in [0.15, 0.2) is 48.5 Å². The standard InChI is InChI=1S/C17H18ClN/c1-2-12-11-19-17(13-7-9-14(18)10-8-13)16-6-4-3-5-15(12)16/h3-10,12,17,19H,2,11H2,1H3/t12-,17+/m0/s1. The molecule has 0 spiro atoms. The Balaban J connectivity index is 2.02. The van der Waals surface area contributed by atoms with Crippen molar-refractivity contribution in [1.29, 1.82) is 0 Å². The minimum Gasteiger partial charge on any atom is -0.306 e. The van der Waals surface area contributed by atoms with Crippen molar-refractivity contribution in [2.75, 3.05) is 6.54 Å². The van der Waals surface area contributed by atoms with Gasteiger partial charge < -0.3 is 5.32 Å². The number of hydrogen-bond acceptors (Lipinski definition) is 1. The molecule has 98 valence electrons. The maximum atomic E-state index is 5.98. The lowest BCUT2D eigenvalue weighted by Gasteiger charge is -2.32. The van der Waals surface area contributed by atoms with Crippen molar-refractivity contribution in [1.82, 2.24) is 5.32 Å². The van der Waals surface area contributed by atoms with Crippen LogP contribution in [0.5, 0.6) is 0 Å². The van der Waals surface area contributed by atoms with Crippen LogP contribution in [0, 0.1) is 0 Å². The molecular formula is C17H18ClN. The molecule has 1 heterocycles. The van der Waals surface area contributed by atoms with E-state index in [0.717, 1.165) is 11.6 Å². The van der Waals surface area contributed by atoms with Gasteiger partial charge in [-0.3, -0.25) is 0 Å². The molecule has 3 rings (SSSR count). The fourth-order valence-electron chi connectivity index (χ4n) is 2.94. The van der Waals surface area contributed by atoms with Crippen LogP contribution in [0.3, 0.4) is 0 Å². The van der Waals surface area contributed by atoms with E-state index in [1.807, 2.05) is 12.1 Å². The molecule has 2 heteroatoms. The molecule has 0 amide bonds. The Labute approximate surface area is 119 Å². The highest BCUT2D eigenvalue weighted by Crippen LogP contribution is 2.35. The van der Waals surface area contributed by atoms with E-state index in [4.69, 9.17) is 11.6 Å². The maximum absolute atomic E-state index is 5.98. The largest absolute Gasteiger partial charge is 0.306 e. The zero-order chi connectivity index (χ0) is 13.2. The SMILES string of the molecule is CC[C@H]1CN[C@H](c2ccc(Cl)cc2)c2ccccc21. The van der Waals surface area contributed by atoms with Crippen LogP contribution in [0.2, 0.25) is 5.02 Å². The lowest BCUT2D eigenvalue weighted by molar-refractivity contribution is 0.487. The van der Waals surface area contributed by atoms with Gasteiger partial charge >= 0.3 is 0 Å². The van der Waals surface area contributed by atoms with E-state index >= 15 is 0 Å². The third-order valence-corrected chi connectivity index (χ3v) is 4.26. The molecule has 0 aromatic heterocycles. The minimum absolute atomic E-state index is 0.288. The van der Waals surface area contributed by atoms with Crippen LogP contribution in [-0.2, 0) is 0 Å². The van der Waals surface area contributed by atoms with Crippen molar-refractivity contribution >= 4 is 11.6 Å². The molecule has 0 unspecified atom stereocenters. The second-order valence-corrected chi connectivity index (χ2v) is 5.56. The Hall–Kier alpha value is -1.31. The van der Waals surface area contributed by atoms with Gasteiger partial charge in [0, 0.05) is 11.6 Å². The van der Waals surface area contributed by atoms with E-state index in [-0.39, 0.29) is 6.04 Å². The van der Waals surface area contributed by atoms with Crippen LogP contribution >= 0.6 is 11.6 Å². The number of nitrogens with one attached hydrogen (secondary N) is 1. The first kappa shape index (κ1) is 12.7. The monoisotopic (exact) mass is 271 g/mol. The molecule has 0 fully saturated rings. The normalized spacial score (nSPS) is 22.0. The quantitative estimate of drug-likeness (QED) is 0.846. The first-order chi connectivity index (χ1) is 9.29. The Morgan fingerprint density at radius 2 is 1.74 bits per heavy atom. The first-order valence-electron chi connectivity index (χ1n) is 6.87. The summed E-state index contributed by atoms with van der Waals surface area (Å²) in [6.07, 6.45) is 1.18. The molecule has 2 aromatic carbocycles. The van der Waals surface area contributed by atoms with Crippen LogP contribution in [0.1, 0.15) is 42.0 Å². The summed E-state index contributed by atoms with van der Waals surface area (Å²) >= 11 is 5.98. The highest BCUT2D eigenvalue weighted by Gasteiger charge is 2.26. The number of rotatable bonds is 2. The molecule has 1 aliphatic heterocycles. The van der Waals surface area contributed by atoms with E-state index in [9.17, 15) is 0 Å². The average molecular weight is 272 g/mol. The highest BCUT2D eigenvalue weighted by atomic mass is 35.5. The Morgan fingerprint density at radius 3 is 2.42 bits per heavy atom. The van der Waals surface area contributed by atoms with Crippen molar-refractivity contribution in [2.24, 2.45) is 0 Å². The zero-order valence-electron chi connectivity index (χ0n) is 11.1. The fourth-order valence-corrected chi connectivity index (χ4v) is 3.07. The van der Waals surface area contributed by atoms with E-state index in [1.165, 1.54) is 23.1 Å².